The number of halogens is 4. The van der Waals surface area contributed by atoms with Crippen molar-refractivity contribution in [2.45, 2.75) is 13.5 Å². The van der Waals surface area contributed by atoms with Gasteiger partial charge in [-0.3, -0.25) is 0 Å². The molecule has 0 saturated carbocycles. The van der Waals surface area contributed by atoms with Gasteiger partial charge in [0, 0.05) is 24.6 Å². The summed E-state index contributed by atoms with van der Waals surface area (Å²) in [5, 5.41) is 0. The molecule has 0 amide bonds. The molecule has 1 aromatic carbocycles. The second kappa shape index (κ2) is 6.92. The number of hydrogen-bond donors (Lipinski definition) is 0. The highest BCUT2D eigenvalue weighted by molar-refractivity contribution is 6.50. The lowest BCUT2D eigenvalue weighted by Gasteiger charge is -1.99. The Morgan fingerprint density at radius 2 is 1.42 bits per heavy atom. The van der Waals surface area contributed by atoms with Gasteiger partial charge in [-0.2, -0.15) is 4.57 Å². The van der Waals surface area contributed by atoms with Crippen molar-refractivity contribution in [3.05, 3.63) is 66.0 Å². The molecule has 2 rings (SSSR count). The minimum Gasteiger partial charge on any atom is -0.418 e. The molecule has 0 aliphatic rings. The number of nitrogens with zero attached hydrogens (tertiary/aromatic N) is 1. The van der Waals surface area contributed by atoms with E-state index in [0.717, 1.165) is 6.54 Å². The lowest BCUT2D eigenvalue weighted by Crippen LogP contribution is -2.36. The Kier molecular flexibility index (Phi) is 5.54. The van der Waals surface area contributed by atoms with Gasteiger partial charge in [-0.1, -0.05) is 36.4 Å². The second-order valence-corrected chi connectivity index (χ2v) is 3.95. The first-order valence-corrected chi connectivity index (χ1v) is 5.72. The molecular weight excluding hydrogens is 257 g/mol. The van der Waals surface area contributed by atoms with Crippen LogP contribution < -0.4 is 4.57 Å². The highest BCUT2D eigenvalue weighted by Crippen LogP contribution is 2.06. The standard InChI is InChI=1S/C13H14N.BF4/c1-12-7-5-6-10-14(12)11-13-8-3-2-4-9-13;2-1(3,4)5/h2-10H,11H2,1H3;/q+1;-1. The molecule has 2 aromatic rings. The molecule has 0 aliphatic heterocycles. The van der Waals surface area contributed by atoms with Crippen molar-refractivity contribution >= 4 is 7.25 Å². The van der Waals surface area contributed by atoms with E-state index in [1.807, 2.05) is 6.07 Å². The van der Waals surface area contributed by atoms with E-state index in [1.165, 1.54) is 11.3 Å². The maximum absolute atomic E-state index is 9.75. The third kappa shape index (κ3) is 7.23. The number of pyridine rings is 1. The van der Waals surface area contributed by atoms with Gasteiger partial charge in [0.15, 0.2) is 18.4 Å². The van der Waals surface area contributed by atoms with Crippen LogP contribution >= 0.6 is 0 Å². The van der Waals surface area contributed by atoms with Crippen LogP contribution in [0.4, 0.5) is 17.3 Å². The van der Waals surface area contributed by atoms with E-state index >= 15 is 0 Å². The van der Waals surface area contributed by atoms with Crippen molar-refractivity contribution in [3.8, 4) is 0 Å². The van der Waals surface area contributed by atoms with Crippen LogP contribution in [0.2, 0.25) is 0 Å². The number of aromatic nitrogens is 1. The van der Waals surface area contributed by atoms with Crippen molar-refractivity contribution in [1.82, 2.24) is 0 Å². The second-order valence-electron chi connectivity index (χ2n) is 3.95. The summed E-state index contributed by atoms with van der Waals surface area (Å²) in [5.41, 5.74) is 2.63. The topological polar surface area (TPSA) is 3.88 Å². The van der Waals surface area contributed by atoms with Crippen molar-refractivity contribution in [1.29, 1.82) is 0 Å². The molecule has 1 heterocycles. The Balaban J connectivity index is 0.000000312. The monoisotopic (exact) mass is 271 g/mol. The lowest BCUT2D eigenvalue weighted by molar-refractivity contribution is -0.694. The lowest BCUT2D eigenvalue weighted by atomic mass is 10.2. The van der Waals surface area contributed by atoms with Crippen molar-refractivity contribution < 1.29 is 21.8 Å². The number of aryl methyl sites for hydroxylation is 1. The first-order chi connectivity index (χ1) is 8.86. The molecule has 1 aromatic heterocycles. The summed E-state index contributed by atoms with van der Waals surface area (Å²) in [5.74, 6) is 0. The smallest absolute Gasteiger partial charge is 0.418 e. The molecule has 0 radical (unpaired) electrons. The van der Waals surface area contributed by atoms with Crippen LogP contribution in [0.1, 0.15) is 11.3 Å². The number of benzene rings is 1. The molecule has 0 bridgehead atoms. The van der Waals surface area contributed by atoms with E-state index in [9.17, 15) is 17.3 Å². The highest BCUT2D eigenvalue weighted by atomic mass is 19.5. The SMILES string of the molecule is Cc1cccc[n+]1Cc1ccccc1.F[B-](F)(F)F. The van der Waals surface area contributed by atoms with Gasteiger partial charge in [0.25, 0.3) is 0 Å². The molecule has 1 nitrogen and oxygen atoms in total. The van der Waals surface area contributed by atoms with Gasteiger partial charge in [-0.15, -0.1) is 0 Å². The molecule has 0 N–H and O–H groups in total. The first kappa shape index (κ1) is 15.2. The molecule has 0 fully saturated rings. The van der Waals surface area contributed by atoms with Crippen LogP contribution in [0.15, 0.2) is 54.7 Å². The summed E-state index contributed by atoms with van der Waals surface area (Å²) in [6.07, 6.45) is 2.11. The number of hydrogen-bond acceptors (Lipinski definition) is 0. The number of rotatable bonds is 2. The fraction of sp³-hybridized carbons (Fsp3) is 0.154. The largest absolute Gasteiger partial charge is 0.673 e. The summed E-state index contributed by atoms with van der Waals surface area (Å²) in [7, 11) is -6.00. The van der Waals surface area contributed by atoms with Gasteiger partial charge in [0.1, 0.15) is 0 Å². The van der Waals surface area contributed by atoms with Crippen LogP contribution in [0, 0.1) is 6.92 Å². The highest BCUT2D eigenvalue weighted by Gasteiger charge is 2.20. The zero-order valence-corrected chi connectivity index (χ0v) is 10.4. The predicted molar refractivity (Wildman–Crippen MR) is 67.1 cm³/mol. The van der Waals surface area contributed by atoms with Gasteiger partial charge >= 0.3 is 7.25 Å². The molecular formula is C13H14BF4N. The minimum atomic E-state index is -6.00. The Morgan fingerprint density at radius 3 is 1.95 bits per heavy atom. The van der Waals surface area contributed by atoms with E-state index in [2.05, 4.69) is 60.2 Å². The maximum Gasteiger partial charge on any atom is 0.673 e. The summed E-state index contributed by atoms with van der Waals surface area (Å²) >= 11 is 0. The van der Waals surface area contributed by atoms with Gasteiger partial charge < -0.3 is 17.3 Å². The molecule has 0 aliphatic carbocycles. The van der Waals surface area contributed by atoms with Gasteiger partial charge in [0.2, 0.25) is 0 Å². The van der Waals surface area contributed by atoms with Gasteiger partial charge in [-0.05, 0) is 0 Å². The Labute approximate surface area is 109 Å². The van der Waals surface area contributed by atoms with Crippen molar-refractivity contribution in [2.24, 2.45) is 0 Å². The average molecular weight is 271 g/mol. The zero-order chi connectivity index (χ0) is 14.3. The molecule has 19 heavy (non-hydrogen) atoms. The summed E-state index contributed by atoms with van der Waals surface area (Å²) in [6, 6.07) is 16.8. The van der Waals surface area contributed by atoms with Crippen LogP contribution in [-0.2, 0) is 6.54 Å². The third-order valence-corrected chi connectivity index (χ3v) is 2.36. The maximum atomic E-state index is 9.75. The average Bonchev–Trinajstić information content (AvgIpc) is 2.31. The fourth-order valence-electron chi connectivity index (χ4n) is 1.52. The van der Waals surface area contributed by atoms with Crippen LogP contribution in [-0.4, -0.2) is 7.25 Å². The van der Waals surface area contributed by atoms with Crippen LogP contribution in [0.25, 0.3) is 0 Å². The Bertz CT molecular complexity index is 493. The Hall–Kier alpha value is -1.85. The van der Waals surface area contributed by atoms with Crippen LogP contribution in [0.5, 0.6) is 0 Å². The summed E-state index contributed by atoms with van der Waals surface area (Å²) in [6.45, 7) is 3.08. The molecule has 0 spiro atoms. The van der Waals surface area contributed by atoms with E-state index in [1.54, 1.807) is 0 Å². The minimum absolute atomic E-state index is 0.952. The van der Waals surface area contributed by atoms with Crippen molar-refractivity contribution in [3.63, 3.8) is 0 Å². The van der Waals surface area contributed by atoms with E-state index in [-0.39, 0.29) is 0 Å². The first-order valence-electron chi connectivity index (χ1n) is 5.72. The zero-order valence-electron chi connectivity index (χ0n) is 10.4. The van der Waals surface area contributed by atoms with Crippen LogP contribution in [0.3, 0.4) is 0 Å². The quantitative estimate of drug-likeness (QED) is 0.446. The predicted octanol–water partition coefficient (Wildman–Crippen LogP) is 3.63. The van der Waals surface area contributed by atoms with Gasteiger partial charge in [0.05, 0.1) is 0 Å². The molecule has 6 heteroatoms. The molecule has 102 valence electrons. The van der Waals surface area contributed by atoms with E-state index in [4.69, 9.17) is 0 Å². The normalized spacial score (nSPS) is 10.6. The van der Waals surface area contributed by atoms with Crippen molar-refractivity contribution in [2.75, 3.05) is 0 Å². The molecule has 0 saturated heterocycles. The van der Waals surface area contributed by atoms with E-state index < -0.39 is 7.25 Å². The molecule has 0 unspecified atom stereocenters. The Morgan fingerprint density at radius 1 is 0.895 bits per heavy atom. The summed E-state index contributed by atoms with van der Waals surface area (Å²) in [4.78, 5) is 0. The molecule has 0 atom stereocenters. The third-order valence-electron chi connectivity index (χ3n) is 2.36. The summed E-state index contributed by atoms with van der Waals surface area (Å²) < 4.78 is 41.2. The van der Waals surface area contributed by atoms with Gasteiger partial charge in [-0.25, -0.2) is 0 Å². The fourth-order valence-corrected chi connectivity index (χ4v) is 1.52. The van der Waals surface area contributed by atoms with E-state index in [0.29, 0.717) is 0 Å².